The summed E-state index contributed by atoms with van der Waals surface area (Å²) in [4.78, 5) is 12.3. The standard InChI is InChI=1S/C22H27FN4O2/c1-22(2,23)11-29-18-10-28-17-6-4-3-5-14(17)19(18)27-21-15-9-16(13-7-8-13)26-20(15)24-12-25-21/h3,5,9,12-13,18-19H,4,6-8,10-11H2,1-2H3,(H2,24,25,26,27)/t18-,19-/m0/s1. The summed E-state index contributed by atoms with van der Waals surface area (Å²) >= 11 is 0. The lowest BCUT2D eigenvalue weighted by Gasteiger charge is -2.37. The van der Waals surface area contributed by atoms with Gasteiger partial charge in [0, 0.05) is 17.7 Å². The number of allylic oxidation sites excluding steroid dienone is 2. The highest BCUT2D eigenvalue weighted by molar-refractivity contribution is 5.88. The van der Waals surface area contributed by atoms with Crippen molar-refractivity contribution < 1.29 is 13.9 Å². The second-order valence-electron chi connectivity index (χ2n) is 8.80. The van der Waals surface area contributed by atoms with Gasteiger partial charge < -0.3 is 19.8 Å². The van der Waals surface area contributed by atoms with E-state index in [0.29, 0.717) is 12.5 Å². The maximum absolute atomic E-state index is 14.1. The molecule has 2 aromatic heterocycles. The summed E-state index contributed by atoms with van der Waals surface area (Å²) in [7, 11) is 0. The number of ether oxygens (including phenoxy) is 2. The van der Waals surface area contributed by atoms with Crippen molar-refractivity contribution in [1.29, 1.82) is 0 Å². The van der Waals surface area contributed by atoms with Gasteiger partial charge in [-0.15, -0.1) is 0 Å². The highest BCUT2D eigenvalue weighted by Gasteiger charge is 2.35. The van der Waals surface area contributed by atoms with E-state index >= 15 is 0 Å². The Hall–Kier alpha value is -2.41. The largest absolute Gasteiger partial charge is 0.495 e. The Labute approximate surface area is 169 Å². The van der Waals surface area contributed by atoms with Gasteiger partial charge in [0.15, 0.2) is 0 Å². The summed E-state index contributed by atoms with van der Waals surface area (Å²) in [5, 5.41) is 4.55. The quantitative estimate of drug-likeness (QED) is 0.755. The second kappa shape index (κ2) is 7.13. The molecular formula is C22H27FN4O2. The Kier molecular flexibility index (Phi) is 4.57. The third kappa shape index (κ3) is 3.88. The van der Waals surface area contributed by atoms with Crippen LogP contribution >= 0.6 is 0 Å². The Balaban J connectivity index is 1.47. The SMILES string of the molecule is CC(C)(F)CO[C@H]1COC2=C(C=CCC2)[C@@H]1Nc1ncnc2[nH]c(C3CC3)cc12. The summed E-state index contributed by atoms with van der Waals surface area (Å²) in [5.74, 6) is 2.37. The molecule has 2 aliphatic carbocycles. The molecule has 7 heteroatoms. The van der Waals surface area contributed by atoms with Crippen LogP contribution in [-0.4, -0.2) is 46.0 Å². The topological polar surface area (TPSA) is 72.1 Å². The monoisotopic (exact) mass is 398 g/mol. The Morgan fingerprint density at radius 3 is 3.00 bits per heavy atom. The predicted molar refractivity (Wildman–Crippen MR) is 110 cm³/mol. The molecule has 154 valence electrons. The molecule has 0 spiro atoms. The molecule has 1 saturated carbocycles. The molecule has 0 bridgehead atoms. The van der Waals surface area contributed by atoms with Crippen LogP contribution in [-0.2, 0) is 9.47 Å². The summed E-state index contributed by atoms with van der Waals surface area (Å²) < 4.78 is 26.0. The van der Waals surface area contributed by atoms with Crippen molar-refractivity contribution in [3.8, 4) is 0 Å². The average Bonchev–Trinajstić information content (AvgIpc) is 3.45. The van der Waals surface area contributed by atoms with Crippen LogP contribution in [0.3, 0.4) is 0 Å². The summed E-state index contributed by atoms with van der Waals surface area (Å²) in [5.41, 5.74) is 1.73. The highest BCUT2D eigenvalue weighted by Crippen LogP contribution is 2.41. The summed E-state index contributed by atoms with van der Waals surface area (Å²) in [6, 6.07) is 2.00. The van der Waals surface area contributed by atoms with Crippen LogP contribution in [0.25, 0.3) is 11.0 Å². The van der Waals surface area contributed by atoms with Crippen LogP contribution in [0.1, 0.15) is 51.1 Å². The number of nitrogens with zero attached hydrogens (tertiary/aromatic N) is 2. The van der Waals surface area contributed by atoms with E-state index in [0.717, 1.165) is 41.0 Å². The number of alkyl halides is 1. The normalized spacial score (nSPS) is 24.5. The molecule has 6 nitrogen and oxygen atoms in total. The predicted octanol–water partition coefficient (Wildman–Crippen LogP) is 4.38. The van der Waals surface area contributed by atoms with Crippen LogP contribution in [0.2, 0.25) is 0 Å². The zero-order valence-corrected chi connectivity index (χ0v) is 16.9. The fourth-order valence-corrected chi connectivity index (χ4v) is 4.03. The van der Waals surface area contributed by atoms with Crippen molar-refractivity contribution >= 4 is 16.9 Å². The van der Waals surface area contributed by atoms with Crippen LogP contribution in [0.15, 0.2) is 35.9 Å². The number of fused-ring (bicyclic) bond motifs is 1. The highest BCUT2D eigenvalue weighted by atomic mass is 19.1. The van der Waals surface area contributed by atoms with Gasteiger partial charge in [-0.05, 0) is 45.1 Å². The minimum absolute atomic E-state index is 0.0146. The Morgan fingerprint density at radius 2 is 2.21 bits per heavy atom. The lowest BCUT2D eigenvalue weighted by Crippen LogP contribution is -2.46. The van der Waals surface area contributed by atoms with Crippen LogP contribution in [0, 0.1) is 0 Å². The van der Waals surface area contributed by atoms with Gasteiger partial charge in [0.1, 0.15) is 41.9 Å². The van der Waals surface area contributed by atoms with E-state index in [9.17, 15) is 4.39 Å². The van der Waals surface area contributed by atoms with Gasteiger partial charge in [0.2, 0.25) is 0 Å². The lowest BCUT2D eigenvalue weighted by molar-refractivity contribution is -0.0538. The van der Waals surface area contributed by atoms with Gasteiger partial charge in [0.25, 0.3) is 0 Å². The molecule has 3 aliphatic rings. The minimum atomic E-state index is -1.40. The minimum Gasteiger partial charge on any atom is -0.495 e. The van der Waals surface area contributed by atoms with Gasteiger partial charge in [-0.2, -0.15) is 0 Å². The molecule has 1 fully saturated rings. The molecule has 0 saturated heterocycles. The third-order valence-corrected chi connectivity index (χ3v) is 5.68. The molecule has 3 heterocycles. The first-order valence-corrected chi connectivity index (χ1v) is 10.4. The number of anilines is 1. The van der Waals surface area contributed by atoms with Crippen LogP contribution in [0.4, 0.5) is 10.2 Å². The molecule has 0 amide bonds. The van der Waals surface area contributed by atoms with Gasteiger partial charge in [-0.3, -0.25) is 0 Å². The average molecular weight is 398 g/mol. The van der Waals surface area contributed by atoms with E-state index in [4.69, 9.17) is 9.47 Å². The number of hydrogen-bond donors (Lipinski definition) is 2. The second-order valence-corrected chi connectivity index (χ2v) is 8.80. The molecule has 1 aliphatic heterocycles. The van der Waals surface area contributed by atoms with E-state index < -0.39 is 5.67 Å². The zero-order valence-electron chi connectivity index (χ0n) is 16.9. The molecule has 2 N–H and O–H groups in total. The van der Waals surface area contributed by atoms with Crippen molar-refractivity contribution in [3.05, 3.63) is 41.6 Å². The smallest absolute Gasteiger partial charge is 0.143 e. The molecule has 29 heavy (non-hydrogen) atoms. The summed E-state index contributed by atoms with van der Waals surface area (Å²) in [6.07, 6.45) is 9.79. The van der Waals surface area contributed by atoms with E-state index in [1.54, 1.807) is 6.33 Å². The van der Waals surface area contributed by atoms with Gasteiger partial charge in [0.05, 0.1) is 18.0 Å². The van der Waals surface area contributed by atoms with Crippen molar-refractivity contribution in [3.63, 3.8) is 0 Å². The zero-order chi connectivity index (χ0) is 20.0. The molecule has 2 aromatic rings. The fourth-order valence-electron chi connectivity index (χ4n) is 4.03. The lowest BCUT2D eigenvalue weighted by atomic mass is 9.92. The Bertz CT molecular complexity index is 971. The maximum atomic E-state index is 14.1. The van der Waals surface area contributed by atoms with Gasteiger partial charge in [-0.1, -0.05) is 12.2 Å². The van der Waals surface area contributed by atoms with Gasteiger partial charge in [-0.25, -0.2) is 14.4 Å². The molecule has 0 radical (unpaired) electrons. The number of aromatic nitrogens is 3. The molecule has 0 unspecified atom stereocenters. The van der Waals surface area contributed by atoms with E-state index in [-0.39, 0.29) is 18.8 Å². The fraction of sp³-hybridized carbons (Fsp3) is 0.545. The number of rotatable bonds is 6. The molecular weight excluding hydrogens is 371 g/mol. The van der Waals surface area contributed by atoms with E-state index in [1.165, 1.54) is 32.4 Å². The van der Waals surface area contributed by atoms with Crippen molar-refractivity contribution in [2.45, 2.75) is 63.3 Å². The van der Waals surface area contributed by atoms with Crippen molar-refractivity contribution in [1.82, 2.24) is 15.0 Å². The number of halogens is 1. The first kappa shape index (κ1) is 18.6. The Morgan fingerprint density at radius 1 is 1.34 bits per heavy atom. The molecule has 2 atom stereocenters. The number of hydrogen-bond acceptors (Lipinski definition) is 5. The van der Waals surface area contributed by atoms with Crippen LogP contribution in [0.5, 0.6) is 0 Å². The van der Waals surface area contributed by atoms with Crippen molar-refractivity contribution in [2.24, 2.45) is 0 Å². The van der Waals surface area contributed by atoms with Crippen molar-refractivity contribution in [2.75, 3.05) is 18.5 Å². The number of nitrogens with one attached hydrogen (secondary N) is 2. The third-order valence-electron chi connectivity index (χ3n) is 5.68. The number of aromatic amines is 1. The van der Waals surface area contributed by atoms with E-state index in [2.05, 4.69) is 38.5 Å². The van der Waals surface area contributed by atoms with E-state index in [1.807, 2.05) is 0 Å². The van der Waals surface area contributed by atoms with Crippen LogP contribution < -0.4 is 5.32 Å². The first-order chi connectivity index (χ1) is 14.0. The molecule has 5 rings (SSSR count). The maximum Gasteiger partial charge on any atom is 0.143 e. The van der Waals surface area contributed by atoms with Gasteiger partial charge >= 0.3 is 0 Å². The first-order valence-electron chi connectivity index (χ1n) is 10.4. The summed E-state index contributed by atoms with van der Waals surface area (Å²) in [6.45, 7) is 3.46. The molecule has 0 aromatic carbocycles. The number of H-pyrrole nitrogens is 1.